The van der Waals surface area contributed by atoms with Gasteiger partial charge in [0.1, 0.15) is 22.4 Å². The number of nitrogens with zero attached hydrogens (tertiary/aromatic N) is 2. The number of carbonyl (C=O) groups excluding carboxylic acids is 1. The molecule has 0 unspecified atom stereocenters. The Kier molecular flexibility index (Phi) is 3.99. The highest BCUT2D eigenvalue weighted by Crippen LogP contribution is 2.29. The minimum atomic E-state index is -0.860. The van der Waals surface area contributed by atoms with Crippen molar-refractivity contribution in [2.75, 3.05) is 5.32 Å². The number of nitrogens with one attached hydrogen (secondary N) is 1. The summed E-state index contributed by atoms with van der Waals surface area (Å²) in [6.07, 6.45) is 0.835. The van der Waals surface area contributed by atoms with Crippen molar-refractivity contribution in [1.82, 2.24) is 4.98 Å². The minimum absolute atomic E-state index is 0.164. The number of amides is 1. The smallest absolute Gasteiger partial charge is 0.296 e. The van der Waals surface area contributed by atoms with Crippen LogP contribution < -0.4 is 5.32 Å². The molecule has 0 saturated heterocycles. The van der Waals surface area contributed by atoms with Gasteiger partial charge in [0.2, 0.25) is 0 Å². The molecule has 0 bridgehead atoms. The highest BCUT2D eigenvalue weighted by molar-refractivity contribution is 6.33. The molecule has 0 aliphatic rings. The molecule has 1 heterocycles. The van der Waals surface area contributed by atoms with E-state index in [2.05, 4.69) is 10.3 Å². The van der Waals surface area contributed by atoms with E-state index in [-0.39, 0.29) is 22.2 Å². The highest BCUT2D eigenvalue weighted by Gasteiger charge is 2.19. The lowest BCUT2D eigenvalue weighted by Gasteiger charge is -2.07. The number of pyridine rings is 1. The van der Waals surface area contributed by atoms with Crippen LogP contribution in [0.2, 0.25) is 5.15 Å². The Morgan fingerprint density at radius 1 is 1.43 bits per heavy atom. The van der Waals surface area contributed by atoms with Crippen molar-refractivity contribution in [3.05, 3.63) is 57.1 Å². The summed E-state index contributed by atoms with van der Waals surface area (Å²) >= 11 is 5.67. The number of benzene rings is 1. The van der Waals surface area contributed by atoms with Gasteiger partial charge in [-0.3, -0.25) is 14.9 Å². The number of phenolic OH excluding ortho intramolecular Hbond substituents is 1. The van der Waals surface area contributed by atoms with Crippen LogP contribution in [0.3, 0.4) is 0 Å². The third kappa shape index (κ3) is 3.23. The lowest BCUT2D eigenvalue weighted by Crippen LogP contribution is -2.14. The Morgan fingerprint density at radius 2 is 2.14 bits per heavy atom. The Labute approximate surface area is 122 Å². The number of anilines is 1. The van der Waals surface area contributed by atoms with Crippen molar-refractivity contribution in [3.63, 3.8) is 0 Å². The van der Waals surface area contributed by atoms with E-state index in [9.17, 15) is 24.4 Å². The molecule has 2 rings (SSSR count). The molecule has 7 nitrogen and oxygen atoms in total. The molecule has 0 atom stereocenters. The molecule has 2 aromatic rings. The molecule has 2 N–H and O–H groups in total. The van der Waals surface area contributed by atoms with Gasteiger partial charge in [0.05, 0.1) is 22.7 Å². The predicted octanol–water partition coefficient (Wildman–Crippen LogP) is 2.74. The standard InChI is InChI=1S/C12H7ClFN3O4/c13-11-8(3-6(14)5-15-11)12(19)16-9-2-1-7(18)4-10(9)17(20)21/h1-5,18H,(H,16,19). The monoisotopic (exact) mass is 311 g/mol. The summed E-state index contributed by atoms with van der Waals surface area (Å²) in [5.41, 5.74) is -0.939. The summed E-state index contributed by atoms with van der Waals surface area (Å²) in [6, 6.07) is 4.04. The van der Waals surface area contributed by atoms with E-state index in [0.717, 1.165) is 30.5 Å². The van der Waals surface area contributed by atoms with E-state index in [1.54, 1.807) is 0 Å². The van der Waals surface area contributed by atoms with E-state index in [1.807, 2.05) is 0 Å². The summed E-state index contributed by atoms with van der Waals surface area (Å²) in [6.45, 7) is 0. The van der Waals surface area contributed by atoms with Gasteiger partial charge >= 0.3 is 0 Å². The Bertz CT molecular complexity index is 738. The van der Waals surface area contributed by atoms with Gasteiger partial charge in [-0.1, -0.05) is 11.6 Å². The van der Waals surface area contributed by atoms with Crippen molar-refractivity contribution in [1.29, 1.82) is 0 Å². The van der Waals surface area contributed by atoms with Crippen LogP contribution in [-0.2, 0) is 0 Å². The maximum Gasteiger partial charge on any atom is 0.296 e. The second kappa shape index (κ2) is 5.71. The van der Waals surface area contributed by atoms with Crippen LogP contribution >= 0.6 is 11.6 Å². The van der Waals surface area contributed by atoms with Crippen LogP contribution in [-0.4, -0.2) is 20.9 Å². The molecule has 9 heteroatoms. The lowest BCUT2D eigenvalue weighted by molar-refractivity contribution is -0.384. The highest BCUT2D eigenvalue weighted by atomic mass is 35.5. The van der Waals surface area contributed by atoms with E-state index in [1.165, 1.54) is 0 Å². The molecule has 21 heavy (non-hydrogen) atoms. The number of aromatic nitrogens is 1. The van der Waals surface area contributed by atoms with Gasteiger partial charge in [0.15, 0.2) is 0 Å². The van der Waals surface area contributed by atoms with E-state index in [0.29, 0.717) is 0 Å². The second-order valence-electron chi connectivity index (χ2n) is 3.90. The average molecular weight is 312 g/mol. The molecule has 0 fully saturated rings. The normalized spacial score (nSPS) is 10.2. The zero-order valence-corrected chi connectivity index (χ0v) is 11.0. The van der Waals surface area contributed by atoms with E-state index < -0.39 is 22.3 Å². The number of carbonyl (C=O) groups is 1. The van der Waals surface area contributed by atoms with Gasteiger partial charge in [-0.2, -0.15) is 0 Å². The summed E-state index contributed by atoms with van der Waals surface area (Å²) in [7, 11) is 0. The number of phenols is 1. The van der Waals surface area contributed by atoms with Gasteiger partial charge in [0, 0.05) is 0 Å². The maximum atomic E-state index is 13.1. The number of aromatic hydroxyl groups is 1. The Hall–Kier alpha value is -2.74. The predicted molar refractivity (Wildman–Crippen MR) is 71.9 cm³/mol. The van der Waals surface area contributed by atoms with Gasteiger partial charge in [-0.05, 0) is 18.2 Å². The summed E-state index contributed by atoms with van der Waals surface area (Å²) in [4.78, 5) is 25.5. The maximum absolute atomic E-state index is 13.1. The largest absolute Gasteiger partial charge is 0.508 e. The van der Waals surface area contributed by atoms with Gasteiger partial charge in [-0.15, -0.1) is 0 Å². The van der Waals surface area contributed by atoms with E-state index >= 15 is 0 Å². The van der Waals surface area contributed by atoms with Crippen molar-refractivity contribution in [2.24, 2.45) is 0 Å². The Balaban J connectivity index is 2.36. The van der Waals surface area contributed by atoms with Crippen LogP contribution in [0.4, 0.5) is 15.8 Å². The minimum Gasteiger partial charge on any atom is -0.508 e. The van der Waals surface area contributed by atoms with Crippen LogP contribution in [0.1, 0.15) is 10.4 Å². The Morgan fingerprint density at radius 3 is 2.81 bits per heavy atom. The third-order valence-electron chi connectivity index (χ3n) is 2.48. The fourth-order valence-corrected chi connectivity index (χ4v) is 1.74. The number of hydrogen-bond acceptors (Lipinski definition) is 5. The number of hydrogen-bond donors (Lipinski definition) is 2. The third-order valence-corrected chi connectivity index (χ3v) is 2.78. The van der Waals surface area contributed by atoms with Crippen LogP contribution in [0.15, 0.2) is 30.5 Å². The summed E-state index contributed by atoms with van der Waals surface area (Å²) < 4.78 is 13.1. The molecule has 1 amide bonds. The molecule has 0 aliphatic heterocycles. The van der Waals surface area contributed by atoms with Crippen molar-refractivity contribution < 1.29 is 19.2 Å². The molecule has 0 spiro atoms. The second-order valence-corrected chi connectivity index (χ2v) is 4.26. The zero-order valence-electron chi connectivity index (χ0n) is 10.2. The van der Waals surface area contributed by atoms with Crippen LogP contribution in [0.25, 0.3) is 0 Å². The first-order valence-corrected chi connectivity index (χ1v) is 5.86. The number of rotatable bonds is 3. The van der Waals surface area contributed by atoms with Crippen LogP contribution in [0.5, 0.6) is 5.75 Å². The quantitative estimate of drug-likeness (QED) is 0.392. The molecular formula is C12H7ClFN3O4. The molecule has 108 valence electrons. The van der Waals surface area contributed by atoms with Crippen molar-refractivity contribution in [3.8, 4) is 5.75 Å². The average Bonchev–Trinajstić information content (AvgIpc) is 2.43. The molecule has 0 aliphatic carbocycles. The van der Waals surface area contributed by atoms with Crippen molar-refractivity contribution >= 4 is 28.9 Å². The molecular weight excluding hydrogens is 305 g/mol. The van der Waals surface area contributed by atoms with E-state index in [4.69, 9.17) is 11.6 Å². The first kappa shape index (κ1) is 14.7. The molecule has 0 saturated carbocycles. The van der Waals surface area contributed by atoms with Crippen LogP contribution in [0, 0.1) is 15.9 Å². The topological polar surface area (TPSA) is 105 Å². The molecule has 1 aromatic heterocycles. The first-order chi connectivity index (χ1) is 9.88. The molecule has 1 aromatic carbocycles. The lowest BCUT2D eigenvalue weighted by atomic mass is 10.2. The SMILES string of the molecule is O=C(Nc1ccc(O)cc1[N+](=O)[O-])c1cc(F)cnc1Cl. The fraction of sp³-hybridized carbons (Fsp3) is 0. The molecule has 0 radical (unpaired) electrons. The summed E-state index contributed by atoms with van der Waals surface area (Å²) in [5.74, 6) is -1.96. The first-order valence-electron chi connectivity index (χ1n) is 5.48. The zero-order chi connectivity index (χ0) is 15.6. The van der Waals surface area contributed by atoms with Gasteiger partial charge < -0.3 is 10.4 Å². The van der Waals surface area contributed by atoms with Crippen molar-refractivity contribution in [2.45, 2.75) is 0 Å². The number of nitro benzene ring substituents is 1. The number of halogens is 2. The summed E-state index contributed by atoms with van der Waals surface area (Å²) in [5, 5.41) is 22.1. The van der Waals surface area contributed by atoms with Gasteiger partial charge in [-0.25, -0.2) is 9.37 Å². The van der Waals surface area contributed by atoms with Gasteiger partial charge in [0.25, 0.3) is 11.6 Å². The fourth-order valence-electron chi connectivity index (χ4n) is 1.55. The number of nitro groups is 1.